The van der Waals surface area contributed by atoms with Gasteiger partial charge in [0, 0.05) is 6.54 Å². The van der Waals surface area contributed by atoms with Gasteiger partial charge >= 0.3 is 6.18 Å². The Hall–Kier alpha value is -1.68. The maximum absolute atomic E-state index is 12.6. The highest BCUT2D eigenvalue weighted by molar-refractivity contribution is 6.33. The topological polar surface area (TPSA) is 12.0 Å². The normalized spacial score (nSPS) is 11.4. The molecule has 2 aromatic rings. The summed E-state index contributed by atoms with van der Waals surface area (Å²) in [4.78, 5) is 0. The quantitative estimate of drug-likeness (QED) is 0.813. The van der Waals surface area contributed by atoms with Crippen molar-refractivity contribution in [2.24, 2.45) is 0 Å². The molecule has 0 aromatic heterocycles. The zero-order valence-corrected chi connectivity index (χ0v) is 11.5. The molecule has 0 aliphatic heterocycles. The number of anilines is 1. The Labute approximate surface area is 120 Å². The third-order valence-electron chi connectivity index (χ3n) is 2.90. The van der Waals surface area contributed by atoms with E-state index in [2.05, 4.69) is 5.32 Å². The molecule has 0 radical (unpaired) electrons. The molecule has 0 spiro atoms. The predicted molar refractivity (Wildman–Crippen MR) is 75.0 cm³/mol. The number of nitrogens with one attached hydrogen (secondary N) is 1. The van der Waals surface area contributed by atoms with Crippen LogP contribution >= 0.6 is 11.6 Å². The van der Waals surface area contributed by atoms with E-state index < -0.39 is 11.7 Å². The van der Waals surface area contributed by atoms with Gasteiger partial charge in [-0.15, -0.1) is 0 Å². The van der Waals surface area contributed by atoms with Gasteiger partial charge in [0.1, 0.15) is 0 Å². The molecule has 2 aromatic carbocycles. The number of hydrogen-bond acceptors (Lipinski definition) is 1. The van der Waals surface area contributed by atoms with Gasteiger partial charge in [-0.2, -0.15) is 13.2 Å². The summed E-state index contributed by atoms with van der Waals surface area (Å²) in [5, 5.41) is 3.20. The lowest BCUT2D eigenvalue weighted by molar-refractivity contribution is -0.137. The van der Waals surface area contributed by atoms with Crippen LogP contribution in [0.5, 0.6) is 0 Å². The molecule has 1 N–H and O–H groups in total. The monoisotopic (exact) mass is 299 g/mol. The van der Waals surface area contributed by atoms with E-state index in [1.807, 2.05) is 31.2 Å². The average molecular weight is 300 g/mol. The van der Waals surface area contributed by atoms with Gasteiger partial charge in [-0.1, -0.05) is 41.4 Å². The minimum atomic E-state index is -4.37. The lowest BCUT2D eigenvalue weighted by atomic mass is 10.1. The molecule has 0 atom stereocenters. The van der Waals surface area contributed by atoms with Crippen molar-refractivity contribution in [3.63, 3.8) is 0 Å². The van der Waals surface area contributed by atoms with E-state index in [1.165, 1.54) is 6.07 Å². The second-order valence-electron chi connectivity index (χ2n) is 4.53. The fourth-order valence-electron chi connectivity index (χ4n) is 1.74. The molecule has 0 fully saturated rings. The van der Waals surface area contributed by atoms with Crippen LogP contribution in [0.15, 0.2) is 42.5 Å². The molecule has 0 unspecified atom stereocenters. The molecule has 5 heteroatoms. The van der Waals surface area contributed by atoms with E-state index in [9.17, 15) is 13.2 Å². The maximum atomic E-state index is 12.6. The standard InChI is InChI=1S/C15H13ClF3N/c1-10-2-4-11(5-3-10)9-20-14-8-12(15(17,18)19)6-7-13(14)16/h2-8,20H,9H2,1H3. The summed E-state index contributed by atoms with van der Waals surface area (Å²) in [6, 6.07) is 11.0. The van der Waals surface area contributed by atoms with Crippen molar-refractivity contribution in [2.45, 2.75) is 19.6 Å². The van der Waals surface area contributed by atoms with E-state index in [0.717, 1.165) is 23.3 Å². The first-order chi connectivity index (χ1) is 9.36. The molecule has 0 aliphatic rings. The first-order valence-electron chi connectivity index (χ1n) is 6.02. The molecule has 0 amide bonds. The first kappa shape index (κ1) is 14.7. The van der Waals surface area contributed by atoms with Crippen LogP contribution in [0.2, 0.25) is 5.02 Å². The lowest BCUT2D eigenvalue weighted by Gasteiger charge is -2.12. The SMILES string of the molecule is Cc1ccc(CNc2cc(C(F)(F)F)ccc2Cl)cc1. The summed E-state index contributed by atoms with van der Waals surface area (Å²) in [5.41, 5.74) is 1.67. The number of alkyl halides is 3. The molecule has 0 saturated heterocycles. The fourth-order valence-corrected chi connectivity index (χ4v) is 1.92. The summed E-state index contributed by atoms with van der Waals surface area (Å²) < 4.78 is 37.9. The van der Waals surface area contributed by atoms with Crippen molar-refractivity contribution in [3.05, 3.63) is 64.2 Å². The van der Waals surface area contributed by atoms with Crippen LogP contribution in [0.1, 0.15) is 16.7 Å². The smallest absolute Gasteiger partial charge is 0.380 e. The van der Waals surface area contributed by atoms with Crippen LogP contribution in [0.3, 0.4) is 0 Å². The van der Waals surface area contributed by atoms with Gasteiger partial charge in [-0.25, -0.2) is 0 Å². The molecule has 0 heterocycles. The number of rotatable bonds is 3. The highest BCUT2D eigenvalue weighted by Gasteiger charge is 2.30. The van der Waals surface area contributed by atoms with Crippen molar-refractivity contribution in [3.8, 4) is 0 Å². The Morgan fingerprint density at radius 1 is 1.05 bits per heavy atom. The van der Waals surface area contributed by atoms with Crippen LogP contribution in [-0.4, -0.2) is 0 Å². The molecular formula is C15H13ClF3N. The zero-order valence-electron chi connectivity index (χ0n) is 10.8. The lowest BCUT2D eigenvalue weighted by Crippen LogP contribution is -2.07. The van der Waals surface area contributed by atoms with Crippen LogP contribution in [0.25, 0.3) is 0 Å². The van der Waals surface area contributed by atoms with Crippen molar-refractivity contribution in [2.75, 3.05) is 5.32 Å². The number of hydrogen-bond donors (Lipinski definition) is 1. The summed E-state index contributed by atoms with van der Waals surface area (Å²) in [7, 11) is 0. The minimum absolute atomic E-state index is 0.269. The van der Waals surface area contributed by atoms with Crippen molar-refractivity contribution in [1.29, 1.82) is 0 Å². The van der Waals surface area contributed by atoms with Crippen LogP contribution < -0.4 is 5.32 Å². The Kier molecular flexibility index (Phi) is 4.23. The third-order valence-corrected chi connectivity index (χ3v) is 3.23. The highest BCUT2D eigenvalue weighted by Crippen LogP contribution is 2.33. The van der Waals surface area contributed by atoms with Crippen molar-refractivity contribution >= 4 is 17.3 Å². The molecule has 2 rings (SSSR count). The van der Waals surface area contributed by atoms with Gasteiger partial charge in [0.15, 0.2) is 0 Å². The summed E-state index contributed by atoms with van der Waals surface area (Å²) in [6.07, 6.45) is -4.37. The molecule has 0 bridgehead atoms. The van der Waals surface area contributed by atoms with E-state index in [-0.39, 0.29) is 10.7 Å². The van der Waals surface area contributed by atoms with Crippen molar-refractivity contribution < 1.29 is 13.2 Å². The summed E-state index contributed by atoms with van der Waals surface area (Å²) in [6.45, 7) is 2.39. The molecule has 0 saturated carbocycles. The molecule has 106 valence electrons. The number of benzene rings is 2. The van der Waals surface area contributed by atoms with Gasteiger partial charge in [0.05, 0.1) is 16.3 Å². The van der Waals surface area contributed by atoms with Crippen molar-refractivity contribution in [1.82, 2.24) is 0 Å². The van der Waals surface area contributed by atoms with E-state index >= 15 is 0 Å². The van der Waals surface area contributed by atoms with E-state index in [4.69, 9.17) is 11.6 Å². The van der Waals surface area contributed by atoms with Crippen LogP contribution in [0.4, 0.5) is 18.9 Å². The Bertz CT molecular complexity index is 591. The second kappa shape index (κ2) is 5.75. The van der Waals surface area contributed by atoms with Gasteiger partial charge < -0.3 is 5.32 Å². The minimum Gasteiger partial charge on any atom is -0.380 e. The van der Waals surface area contributed by atoms with E-state index in [1.54, 1.807) is 0 Å². The van der Waals surface area contributed by atoms with Crippen LogP contribution in [0, 0.1) is 6.92 Å². The van der Waals surface area contributed by atoms with E-state index in [0.29, 0.717) is 6.54 Å². The summed E-state index contributed by atoms with van der Waals surface area (Å²) in [5.74, 6) is 0. The van der Waals surface area contributed by atoms with Crippen LogP contribution in [-0.2, 0) is 12.7 Å². The van der Waals surface area contributed by atoms with Gasteiger partial charge in [-0.3, -0.25) is 0 Å². The van der Waals surface area contributed by atoms with Gasteiger partial charge in [-0.05, 0) is 30.7 Å². The zero-order chi connectivity index (χ0) is 14.8. The molecular weight excluding hydrogens is 287 g/mol. The molecule has 0 aliphatic carbocycles. The Balaban J connectivity index is 2.14. The third kappa shape index (κ3) is 3.67. The maximum Gasteiger partial charge on any atom is 0.416 e. The summed E-state index contributed by atoms with van der Waals surface area (Å²) >= 11 is 5.91. The first-order valence-corrected chi connectivity index (χ1v) is 6.40. The van der Waals surface area contributed by atoms with Gasteiger partial charge in [0.2, 0.25) is 0 Å². The van der Waals surface area contributed by atoms with Gasteiger partial charge in [0.25, 0.3) is 0 Å². The highest BCUT2D eigenvalue weighted by atomic mass is 35.5. The molecule has 20 heavy (non-hydrogen) atoms. The average Bonchev–Trinajstić information content (AvgIpc) is 2.38. The Morgan fingerprint density at radius 3 is 2.30 bits per heavy atom. The number of aryl methyl sites for hydroxylation is 1. The molecule has 1 nitrogen and oxygen atoms in total. The fraction of sp³-hybridized carbons (Fsp3) is 0.200. The predicted octanol–water partition coefficient (Wildman–Crippen LogP) is 5.28. The Morgan fingerprint density at radius 2 is 1.70 bits per heavy atom. The second-order valence-corrected chi connectivity index (χ2v) is 4.94. The largest absolute Gasteiger partial charge is 0.416 e. The number of halogens is 4.